The van der Waals surface area contributed by atoms with Crippen molar-refractivity contribution >= 4 is 28.4 Å². The topological polar surface area (TPSA) is 111 Å². The molecular weight excluding hydrogens is 344 g/mol. The van der Waals surface area contributed by atoms with Gasteiger partial charge in [-0.15, -0.1) is 0 Å². The Morgan fingerprint density at radius 3 is 2.44 bits per heavy atom. The van der Waals surface area contributed by atoms with Crippen LogP contribution in [-0.2, 0) is 14.1 Å². The van der Waals surface area contributed by atoms with Crippen LogP contribution in [-0.4, -0.2) is 14.9 Å². The van der Waals surface area contributed by atoms with Crippen molar-refractivity contribution in [2.24, 2.45) is 14.1 Å². The number of hydrogen-bond donors (Lipinski definition) is 1. The van der Waals surface area contributed by atoms with Gasteiger partial charge in [-0.25, -0.2) is 4.79 Å². The number of hydrogen-bond acceptors (Lipinski definition) is 5. The number of Topliss-reactive ketones (excluding diaryl/α,β-unsaturated/α-hetero) is 1. The summed E-state index contributed by atoms with van der Waals surface area (Å²) in [5, 5.41) is 11.3. The molecule has 1 heterocycles. The van der Waals surface area contributed by atoms with E-state index in [9.17, 15) is 19.6 Å². The number of benzene rings is 2. The van der Waals surface area contributed by atoms with Crippen molar-refractivity contribution in [3.05, 3.63) is 80.0 Å². The molecule has 2 aromatic carbocycles. The van der Waals surface area contributed by atoms with Gasteiger partial charge < -0.3 is 5.73 Å². The molecular formula is C20H16N4O3. The number of anilines is 1. The molecule has 0 spiro atoms. The first kappa shape index (κ1) is 17.9. The number of carbonyl (C=O) groups is 1. The monoisotopic (exact) mass is 360 g/mol. The largest absolute Gasteiger partial charge is 0.384 e. The molecule has 0 unspecified atom stereocenters. The van der Waals surface area contributed by atoms with Crippen molar-refractivity contribution in [1.29, 1.82) is 5.26 Å². The molecule has 0 aliphatic heterocycles. The molecule has 0 aliphatic rings. The number of nitrogens with zero attached hydrogens (tertiary/aromatic N) is 3. The first-order valence-corrected chi connectivity index (χ1v) is 8.06. The van der Waals surface area contributed by atoms with Crippen molar-refractivity contribution in [2.75, 3.05) is 5.73 Å². The quantitative estimate of drug-likeness (QED) is 0.433. The summed E-state index contributed by atoms with van der Waals surface area (Å²) < 4.78 is 1.79. The summed E-state index contributed by atoms with van der Waals surface area (Å²) in [6, 6.07) is 14.9. The lowest BCUT2D eigenvalue weighted by Gasteiger charge is -2.10. The molecule has 0 radical (unpaired) electrons. The molecule has 0 aliphatic carbocycles. The van der Waals surface area contributed by atoms with E-state index in [1.165, 1.54) is 20.2 Å². The Morgan fingerprint density at radius 1 is 1.07 bits per heavy atom. The van der Waals surface area contributed by atoms with Crippen LogP contribution in [0, 0.1) is 11.3 Å². The lowest BCUT2D eigenvalue weighted by Crippen LogP contribution is -2.41. The van der Waals surface area contributed by atoms with E-state index in [1.54, 1.807) is 6.07 Å². The zero-order valence-corrected chi connectivity index (χ0v) is 14.8. The molecule has 2 N–H and O–H groups in total. The van der Waals surface area contributed by atoms with Crippen molar-refractivity contribution in [1.82, 2.24) is 9.13 Å². The van der Waals surface area contributed by atoms with Crippen LogP contribution in [0.25, 0.3) is 16.8 Å². The number of rotatable bonds is 3. The van der Waals surface area contributed by atoms with Crippen LogP contribution in [0.2, 0.25) is 0 Å². The highest BCUT2D eigenvalue weighted by Gasteiger charge is 2.23. The molecule has 7 nitrogen and oxygen atoms in total. The van der Waals surface area contributed by atoms with Crippen LogP contribution in [0.4, 0.5) is 5.82 Å². The number of aromatic nitrogens is 2. The van der Waals surface area contributed by atoms with Crippen molar-refractivity contribution in [3.8, 4) is 6.07 Å². The van der Waals surface area contributed by atoms with Crippen LogP contribution >= 0.6 is 0 Å². The van der Waals surface area contributed by atoms with Crippen LogP contribution in [0.15, 0.2) is 57.6 Å². The van der Waals surface area contributed by atoms with Crippen molar-refractivity contribution < 1.29 is 4.79 Å². The predicted molar refractivity (Wildman–Crippen MR) is 103 cm³/mol. The molecule has 0 atom stereocenters. The van der Waals surface area contributed by atoms with Crippen LogP contribution in [0.1, 0.15) is 15.9 Å². The molecule has 3 aromatic rings. The average Bonchev–Trinajstić information content (AvgIpc) is 2.69. The second-order valence-corrected chi connectivity index (χ2v) is 6.03. The molecule has 1 aromatic heterocycles. The van der Waals surface area contributed by atoms with Gasteiger partial charge in [0.05, 0.1) is 0 Å². The van der Waals surface area contributed by atoms with E-state index in [1.807, 2.05) is 42.5 Å². The SMILES string of the molecule is Cn1c(N)c(C(=O)/C(C#N)=C/c2cccc3ccccc23)c(=O)n(C)c1=O. The van der Waals surface area contributed by atoms with Gasteiger partial charge in [0, 0.05) is 14.1 Å². The highest BCUT2D eigenvalue weighted by Crippen LogP contribution is 2.22. The Kier molecular flexibility index (Phi) is 4.48. The zero-order valence-electron chi connectivity index (χ0n) is 14.8. The van der Waals surface area contributed by atoms with Gasteiger partial charge in [0.1, 0.15) is 23.0 Å². The maximum Gasteiger partial charge on any atom is 0.332 e. The summed E-state index contributed by atoms with van der Waals surface area (Å²) >= 11 is 0. The van der Waals surface area contributed by atoms with E-state index in [-0.39, 0.29) is 11.4 Å². The van der Waals surface area contributed by atoms with Crippen molar-refractivity contribution in [2.45, 2.75) is 0 Å². The van der Waals surface area contributed by atoms with Gasteiger partial charge in [0.2, 0.25) is 5.78 Å². The number of nitrogens with two attached hydrogens (primary N) is 1. The minimum atomic E-state index is -0.834. The summed E-state index contributed by atoms with van der Waals surface area (Å²) in [6.07, 6.45) is 1.43. The number of fused-ring (bicyclic) bond motifs is 1. The van der Waals surface area contributed by atoms with Crippen molar-refractivity contribution in [3.63, 3.8) is 0 Å². The molecule has 0 amide bonds. The molecule has 0 saturated carbocycles. The lowest BCUT2D eigenvalue weighted by atomic mass is 9.99. The molecule has 134 valence electrons. The number of carbonyl (C=O) groups excluding carboxylic acids is 1. The maximum atomic E-state index is 12.9. The highest BCUT2D eigenvalue weighted by atomic mass is 16.2. The van der Waals surface area contributed by atoms with E-state index in [2.05, 4.69) is 0 Å². The number of nitriles is 1. The van der Waals surface area contributed by atoms with Crippen LogP contribution in [0.3, 0.4) is 0 Å². The zero-order chi connectivity index (χ0) is 19.7. The first-order chi connectivity index (χ1) is 12.9. The van der Waals surface area contributed by atoms with Gasteiger partial charge >= 0.3 is 5.69 Å². The van der Waals surface area contributed by atoms with Gasteiger partial charge in [-0.05, 0) is 22.4 Å². The number of nitrogen functional groups attached to an aromatic ring is 1. The summed E-state index contributed by atoms with van der Waals surface area (Å²) in [7, 11) is 2.61. The molecule has 7 heteroatoms. The lowest BCUT2D eigenvalue weighted by molar-refractivity contribution is 0.103. The van der Waals surface area contributed by atoms with Crippen LogP contribution < -0.4 is 17.0 Å². The van der Waals surface area contributed by atoms with Gasteiger partial charge in [-0.3, -0.25) is 18.7 Å². The number of ketones is 1. The van der Waals surface area contributed by atoms with Gasteiger partial charge in [-0.2, -0.15) is 5.26 Å². The third-order valence-electron chi connectivity index (χ3n) is 4.43. The van der Waals surface area contributed by atoms with Gasteiger partial charge in [-0.1, -0.05) is 42.5 Å². The van der Waals surface area contributed by atoms with E-state index in [0.29, 0.717) is 5.56 Å². The third-order valence-corrected chi connectivity index (χ3v) is 4.43. The summed E-state index contributed by atoms with van der Waals surface area (Å²) in [4.78, 5) is 37.2. The van der Waals surface area contributed by atoms with E-state index >= 15 is 0 Å². The molecule has 0 bridgehead atoms. The summed E-state index contributed by atoms with van der Waals surface area (Å²) in [5.41, 5.74) is 4.37. The van der Waals surface area contributed by atoms with Gasteiger partial charge in [0.25, 0.3) is 5.56 Å². The number of allylic oxidation sites excluding steroid dienone is 1. The molecule has 27 heavy (non-hydrogen) atoms. The fraction of sp³-hybridized carbons (Fsp3) is 0.100. The van der Waals surface area contributed by atoms with Crippen LogP contribution in [0.5, 0.6) is 0 Å². The molecule has 0 saturated heterocycles. The molecule has 3 rings (SSSR count). The van der Waals surface area contributed by atoms with E-state index in [0.717, 1.165) is 19.9 Å². The Hall–Kier alpha value is -3.92. The predicted octanol–water partition coefficient (Wildman–Crippen LogP) is 1.61. The fourth-order valence-corrected chi connectivity index (χ4v) is 2.89. The summed E-state index contributed by atoms with van der Waals surface area (Å²) in [5.74, 6) is -1.09. The minimum Gasteiger partial charge on any atom is -0.384 e. The Labute approximate surface area is 154 Å². The second kappa shape index (κ2) is 6.77. The second-order valence-electron chi connectivity index (χ2n) is 6.03. The standard InChI is InChI=1S/C20H16N4O3/c1-23-18(22)16(19(26)24(2)20(23)27)17(25)14(11-21)10-13-8-5-7-12-6-3-4-9-15(12)13/h3-10H,22H2,1-2H3/b14-10+. The minimum absolute atomic E-state index is 0.242. The average molecular weight is 360 g/mol. The smallest absolute Gasteiger partial charge is 0.332 e. The highest BCUT2D eigenvalue weighted by molar-refractivity contribution is 6.16. The third kappa shape index (κ3) is 2.93. The van der Waals surface area contributed by atoms with Gasteiger partial charge in [0.15, 0.2) is 0 Å². The maximum absolute atomic E-state index is 12.9. The Morgan fingerprint density at radius 2 is 1.74 bits per heavy atom. The normalized spacial score (nSPS) is 11.4. The summed E-state index contributed by atoms with van der Waals surface area (Å²) in [6.45, 7) is 0. The fourth-order valence-electron chi connectivity index (χ4n) is 2.89. The molecule has 0 fully saturated rings. The van der Waals surface area contributed by atoms with E-state index in [4.69, 9.17) is 5.73 Å². The Balaban J connectivity index is 2.22. The van der Waals surface area contributed by atoms with E-state index < -0.39 is 22.6 Å². The Bertz CT molecular complexity index is 1270. The first-order valence-electron chi connectivity index (χ1n) is 8.06.